The van der Waals surface area contributed by atoms with Crippen LogP contribution in [0.3, 0.4) is 0 Å². The molecule has 3 fully saturated rings. The standard InChI is InChI=1S/C26H29F2N7O2/c1-26-9-3-4-17(31-26)23(28)19(12-26)35(15-6-7-15)22-13-29-24(33-32-22)16-8-5-14(10-20(16)36)18-11-21(27)34(2)25(37)30-18/h5,8,10-11,13,15,17,19,23,31,36H,3-4,6-7,9,12H2,1-2H3/t17-,19-,23+,26-/m0/s1. The Morgan fingerprint density at radius 3 is 2.70 bits per heavy atom. The van der Waals surface area contributed by atoms with E-state index in [-0.39, 0.29) is 40.9 Å². The fourth-order valence-corrected chi connectivity index (χ4v) is 5.83. The molecule has 1 aliphatic carbocycles. The van der Waals surface area contributed by atoms with Gasteiger partial charge in [-0.1, -0.05) is 6.07 Å². The number of fused-ring (bicyclic) bond motifs is 2. The quantitative estimate of drug-likeness (QED) is 0.505. The Morgan fingerprint density at radius 2 is 2.03 bits per heavy atom. The molecular weight excluding hydrogens is 480 g/mol. The largest absolute Gasteiger partial charge is 0.507 e. The Balaban J connectivity index is 1.27. The first kappa shape index (κ1) is 23.9. The average Bonchev–Trinajstić information content (AvgIpc) is 3.71. The summed E-state index contributed by atoms with van der Waals surface area (Å²) in [4.78, 5) is 22.2. The number of piperidine rings is 2. The predicted molar refractivity (Wildman–Crippen MR) is 133 cm³/mol. The number of phenolic OH excluding ortho intramolecular Hbond substituents is 1. The number of hydrogen-bond acceptors (Lipinski definition) is 8. The van der Waals surface area contributed by atoms with Gasteiger partial charge in [0, 0.05) is 36.3 Å². The first-order chi connectivity index (χ1) is 17.7. The summed E-state index contributed by atoms with van der Waals surface area (Å²) in [7, 11) is 1.29. The Kier molecular flexibility index (Phi) is 5.70. The van der Waals surface area contributed by atoms with Gasteiger partial charge in [-0.2, -0.15) is 9.37 Å². The van der Waals surface area contributed by atoms with Crippen molar-refractivity contribution in [3.63, 3.8) is 0 Å². The number of benzene rings is 1. The zero-order valence-corrected chi connectivity index (χ0v) is 20.7. The van der Waals surface area contributed by atoms with Gasteiger partial charge in [-0.3, -0.25) is 4.57 Å². The van der Waals surface area contributed by atoms with Gasteiger partial charge >= 0.3 is 5.69 Å². The number of nitrogens with one attached hydrogen (secondary N) is 1. The Labute approximate surface area is 212 Å². The van der Waals surface area contributed by atoms with E-state index in [0.29, 0.717) is 23.4 Å². The molecule has 2 aliphatic heterocycles. The molecule has 0 radical (unpaired) electrons. The summed E-state index contributed by atoms with van der Waals surface area (Å²) in [6.07, 6.45) is 6.17. The molecule has 3 aromatic rings. The number of hydrogen-bond donors (Lipinski definition) is 2. The molecule has 6 rings (SSSR count). The molecule has 9 nitrogen and oxygen atoms in total. The number of halogens is 2. The molecular formula is C26H29F2N7O2. The lowest BCUT2D eigenvalue weighted by Gasteiger charge is -2.52. The third-order valence-corrected chi connectivity index (χ3v) is 7.91. The second-order valence-electron chi connectivity index (χ2n) is 10.7. The fraction of sp³-hybridized carbons (Fsp3) is 0.500. The van der Waals surface area contributed by atoms with Gasteiger partial charge in [-0.05, 0) is 57.6 Å². The summed E-state index contributed by atoms with van der Waals surface area (Å²) in [5, 5.41) is 22.8. The van der Waals surface area contributed by atoms with Crippen LogP contribution in [0.4, 0.5) is 14.6 Å². The number of nitrogens with zero attached hydrogens (tertiary/aromatic N) is 6. The molecule has 0 unspecified atom stereocenters. The van der Waals surface area contributed by atoms with E-state index in [1.807, 2.05) is 0 Å². The lowest BCUT2D eigenvalue weighted by molar-refractivity contribution is 0.0584. The monoisotopic (exact) mass is 509 g/mol. The highest BCUT2D eigenvalue weighted by Crippen LogP contribution is 2.42. The van der Waals surface area contributed by atoms with Crippen LogP contribution < -0.4 is 15.9 Å². The highest BCUT2D eigenvalue weighted by Gasteiger charge is 2.50. The van der Waals surface area contributed by atoms with Crippen LogP contribution in [-0.4, -0.2) is 59.7 Å². The number of anilines is 1. The van der Waals surface area contributed by atoms with E-state index >= 15 is 4.39 Å². The molecule has 1 aromatic carbocycles. The zero-order valence-electron chi connectivity index (χ0n) is 20.7. The van der Waals surface area contributed by atoms with Gasteiger partial charge in [0.25, 0.3) is 0 Å². The van der Waals surface area contributed by atoms with Crippen LogP contribution >= 0.6 is 0 Å². The van der Waals surface area contributed by atoms with E-state index in [4.69, 9.17) is 0 Å². The minimum absolute atomic E-state index is 0.0849. The van der Waals surface area contributed by atoms with E-state index in [9.17, 15) is 14.3 Å². The second-order valence-corrected chi connectivity index (χ2v) is 10.7. The van der Waals surface area contributed by atoms with Gasteiger partial charge in [0.2, 0.25) is 0 Å². The molecule has 4 heterocycles. The number of alkyl halides is 1. The molecule has 0 amide bonds. The molecule has 0 spiro atoms. The SMILES string of the molecule is Cn1c(F)cc(-c2ccc(-c3ncc(N(C4CC4)[C@H]4C[C@]5(C)CCC[C@H](N5)[C@H]4F)nn3)c(O)c2)nc1=O. The van der Waals surface area contributed by atoms with Gasteiger partial charge in [-0.25, -0.2) is 14.2 Å². The topological polar surface area (TPSA) is 109 Å². The van der Waals surface area contributed by atoms with Crippen molar-refractivity contribution in [3.8, 4) is 28.4 Å². The van der Waals surface area contributed by atoms with Crippen LogP contribution in [0.2, 0.25) is 0 Å². The van der Waals surface area contributed by atoms with Crippen LogP contribution in [0, 0.1) is 5.95 Å². The van der Waals surface area contributed by atoms with E-state index < -0.39 is 17.8 Å². The van der Waals surface area contributed by atoms with Gasteiger partial charge in [-0.15, -0.1) is 10.2 Å². The highest BCUT2D eigenvalue weighted by atomic mass is 19.1. The molecule has 4 atom stereocenters. The number of phenols is 1. The van der Waals surface area contributed by atoms with E-state index in [1.54, 1.807) is 18.3 Å². The summed E-state index contributed by atoms with van der Waals surface area (Å²) in [6, 6.07) is 5.48. The van der Waals surface area contributed by atoms with Gasteiger partial charge in [0.05, 0.1) is 23.5 Å². The summed E-state index contributed by atoms with van der Waals surface area (Å²) < 4.78 is 30.4. The van der Waals surface area contributed by atoms with Crippen molar-refractivity contribution in [2.24, 2.45) is 7.05 Å². The molecule has 2 saturated heterocycles. The minimum atomic E-state index is -1.000. The zero-order chi connectivity index (χ0) is 25.9. The Hall–Kier alpha value is -3.47. The second kappa shape index (κ2) is 8.83. The fourth-order valence-electron chi connectivity index (χ4n) is 5.83. The van der Waals surface area contributed by atoms with Crippen molar-refractivity contribution in [1.29, 1.82) is 0 Å². The van der Waals surface area contributed by atoms with Crippen LogP contribution in [0.25, 0.3) is 22.6 Å². The van der Waals surface area contributed by atoms with Gasteiger partial charge < -0.3 is 15.3 Å². The van der Waals surface area contributed by atoms with Crippen molar-refractivity contribution in [3.05, 3.63) is 46.9 Å². The summed E-state index contributed by atoms with van der Waals surface area (Å²) >= 11 is 0. The summed E-state index contributed by atoms with van der Waals surface area (Å²) in [5.74, 6) is -0.142. The van der Waals surface area contributed by atoms with Crippen molar-refractivity contribution < 1.29 is 13.9 Å². The van der Waals surface area contributed by atoms with E-state index in [1.165, 1.54) is 13.1 Å². The molecule has 2 bridgehead atoms. The average molecular weight is 510 g/mol. The van der Waals surface area contributed by atoms with Gasteiger partial charge in [0.15, 0.2) is 17.6 Å². The smallest absolute Gasteiger partial charge is 0.350 e. The number of aromatic nitrogens is 5. The van der Waals surface area contributed by atoms with E-state index in [0.717, 1.165) is 42.7 Å². The first-order valence-electron chi connectivity index (χ1n) is 12.7. The van der Waals surface area contributed by atoms with Crippen LogP contribution in [-0.2, 0) is 7.05 Å². The van der Waals surface area contributed by atoms with Crippen molar-refractivity contribution in [2.45, 2.75) is 75.3 Å². The van der Waals surface area contributed by atoms with Crippen LogP contribution in [0.1, 0.15) is 45.4 Å². The number of rotatable bonds is 5. The minimum Gasteiger partial charge on any atom is -0.507 e. The van der Waals surface area contributed by atoms with Crippen molar-refractivity contribution >= 4 is 5.82 Å². The Morgan fingerprint density at radius 1 is 1.22 bits per heavy atom. The maximum atomic E-state index is 15.6. The summed E-state index contributed by atoms with van der Waals surface area (Å²) in [5.41, 5.74) is -0.00107. The molecule has 11 heteroatoms. The molecule has 2 N–H and O–H groups in total. The molecule has 2 aromatic heterocycles. The van der Waals surface area contributed by atoms with E-state index in [2.05, 4.69) is 37.3 Å². The third kappa shape index (κ3) is 4.35. The van der Waals surface area contributed by atoms with Crippen LogP contribution in [0.5, 0.6) is 5.75 Å². The first-order valence-corrected chi connectivity index (χ1v) is 12.7. The van der Waals surface area contributed by atoms with Crippen molar-refractivity contribution in [2.75, 3.05) is 4.90 Å². The van der Waals surface area contributed by atoms with Gasteiger partial charge in [0.1, 0.15) is 11.9 Å². The van der Waals surface area contributed by atoms with Crippen LogP contribution in [0.15, 0.2) is 35.3 Å². The maximum Gasteiger partial charge on any atom is 0.350 e. The molecule has 37 heavy (non-hydrogen) atoms. The maximum absolute atomic E-state index is 15.6. The highest BCUT2D eigenvalue weighted by molar-refractivity contribution is 5.71. The lowest BCUT2D eigenvalue weighted by atomic mass is 9.74. The van der Waals surface area contributed by atoms with Crippen molar-refractivity contribution in [1.82, 2.24) is 30.0 Å². The molecule has 1 saturated carbocycles. The Bertz CT molecular complexity index is 1390. The normalized spacial score (nSPS) is 27.2. The molecule has 194 valence electrons. The predicted octanol–water partition coefficient (Wildman–Crippen LogP) is 3.12. The third-order valence-electron chi connectivity index (χ3n) is 7.91. The lowest BCUT2D eigenvalue weighted by Crippen LogP contribution is -2.67. The summed E-state index contributed by atoms with van der Waals surface area (Å²) in [6.45, 7) is 2.18. The number of aromatic hydroxyl groups is 1. The molecule has 3 aliphatic rings.